The van der Waals surface area contributed by atoms with Crippen molar-refractivity contribution in [1.29, 1.82) is 5.26 Å². The minimum atomic E-state index is -3.79. The van der Waals surface area contributed by atoms with Crippen LogP contribution >= 0.6 is 0 Å². The Balaban J connectivity index is 1.78. The molecule has 2 heterocycles. The Morgan fingerprint density at radius 1 is 1.24 bits per heavy atom. The van der Waals surface area contributed by atoms with E-state index < -0.39 is 10.0 Å². The first-order valence-electron chi connectivity index (χ1n) is 11.1. The molecule has 0 radical (unpaired) electrons. The summed E-state index contributed by atoms with van der Waals surface area (Å²) in [5.74, 6) is 1.07. The van der Waals surface area contributed by atoms with Crippen LogP contribution in [0.4, 0.5) is 5.69 Å². The average Bonchev–Trinajstić information content (AvgIpc) is 2.81. The standard InChI is InChI=1S/C24H32N4O5S/c1-24(2,3)23-10-17(8-9-33-23)28-34(29,30)19-7-6-16(13-25)20(12-19)27-15-21-22(32-5)11-18(31-4)14-26-21/h6-7,11-12,14,17,23,27-28H,8-10,15H2,1-5H3. The molecular weight excluding hydrogens is 456 g/mol. The molecule has 3 rings (SSSR count). The number of nitrogens with zero attached hydrogens (tertiary/aromatic N) is 2. The Hall–Kier alpha value is -2.87. The third-order valence-electron chi connectivity index (χ3n) is 5.80. The molecule has 1 aliphatic heterocycles. The highest BCUT2D eigenvalue weighted by atomic mass is 32.2. The molecule has 0 spiro atoms. The van der Waals surface area contributed by atoms with Crippen LogP contribution in [-0.2, 0) is 21.3 Å². The smallest absolute Gasteiger partial charge is 0.240 e. The number of methoxy groups -OCH3 is 2. The molecule has 2 unspecified atom stereocenters. The summed E-state index contributed by atoms with van der Waals surface area (Å²) in [6, 6.07) is 7.99. The highest BCUT2D eigenvalue weighted by Gasteiger charge is 2.33. The van der Waals surface area contributed by atoms with Crippen molar-refractivity contribution in [2.24, 2.45) is 5.41 Å². The molecule has 1 aromatic carbocycles. The minimum Gasteiger partial charge on any atom is -0.495 e. The molecule has 1 fully saturated rings. The van der Waals surface area contributed by atoms with E-state index in [0.717, 1.165) is 0 Å². The van der Waals surface area contributed by atoms with Gasteiger partial charge in [-0.3, -0.25) is 4.98 Å². The molecule has 1 saturated heterocycles. The van der Waals surface area contributed by atoms with E-state index in [-0.39, 0.29) is 29.0 Å². The molecule has 34 heavy (non-hydrogen) atoms. The number of hydrogen-bond donors (Lipinski definition) is 2. The van der Waals surface area contributed by atoms with Gasteiger partial charge in [0.1, 0.15) is 23.3 Å². The third kappa shape index (κ3) is 6.17. The Labute approximate surface area is 201 Å². The van der Waals surface area contributed by atoms with Crippen molar-refractivity contribution in [3.63, 3.8) is 0 Å². The maximum Gasteiger partial charge on any atom is 0.240 e. The average molecular weight is 489 g/mol. The SMILES string of the molecule is COc1cnc(CNc2cc(S(=O)(=O)NC3CCOC(C(C)(C)C)C3)ccc2C#N)c(OC)c1. The van der Waals surface area contributed by atoms with E-state index in [1.165, 1.54) is 32.4 Å². The summed E-state index contributed by atoms with van der Waals surface area (Å²) in [7, 11) is -0.726. The lowest BCUT2D eigenvalue weighted by atomic mass is 9.83. The van der Waals surface area contributed by atoms with Gasteiger partial charge in [0.15, 0.2) is 0 Å². The van der Waals surface area contributed by atoms with Crippen molar-refractivity contribution in [2.75, 3.05) is 26.1 Å². The van der Waals surface area contributed by atoms with Gasteiger partial charge in [-0.2, -0.15) is 5.26 Å². The Morgan fingerprint density at radius 3 is 2.65 bits per heavy atom. The first-order chi connectivity index (χ1) is 16.1. The number of pyridine rings is 1. The summed E-state index contributed by atoms with van der Waals surface area (Å²) >= 11 is 0. The van der Waals surface area contributed by atoms with Crippen molar-refractivity contribution >= 4 is 15.7 Å². The summed E-state index contributed by atoms with van der Waals surface area (Å²) in [4.78, 5) is 4.41. The fourth-order valence-electron chi connectivity index (χ4n) is 3.78. The lowest BCUT2D eigenvalue weighted by molar-refractivity contribution is -0.0554. The van der Waals surface area contributed by atoms with Crippen LogP contribution in [0.1, 0.15) is 44.9 Å². The normalized spacial score (nSPS) is 18.7. The first-order valence-corrected chi connectivity index (χ1v) is 12.5. The molecule has 0 bridgehead atoms. The summed E-state index contributed by atoms with van der Waals surface area (Å²) < 4.78 is 45.5. The second kappa shape index (κ2) is 10.6. The van der Waals surface area contributed by atoms with E-state index in [9.17, 15) is 13.7 Å². The van der Waals surface area contributed by atoms with E-state index in [2.05, 4.69) is 41.9 Å². The van der Waals surface area contributed by atoms with Crippen LogP contribution < -0.4 is 19.5 Å². The fourth-order valence-corrected chi connectivity index (χ4v) is 5.09. The molecule has 184 valence electrons. The number of nitrogens with one attached hydrogen (secondary N) is 2. The van der Waals surface area contributed by atoms with Crippen molar-refractivity contribution in [1.82, 2.24) is 9.71 Å². The number of ether oxygens (including phenoxy) is 3. The van der Waals surface area contributed by atoms with Gasteiger partial charge in [0.05, 0.1) is 49.2 Å². The molecule has 1 aliphatic rings. The summed E-state index contributed by atoms with van der Waals surface area (Å²) in [6.07, 6.45) is 2.75. The highest BCUT2D eigenvalue weighted by molar-refractivity contribution is 7.89. The van der Waals surface area contributed by atoms with E-state index in [4.69, 9.17) is 14.2 Å². The van der Waals surface area contributed by atoms with Crippen LogP contribution in [-0.4, -0.2) is 46.4 Å². The molecule has 2 atom stereocenters. The van der Waals surface area contributed by atoms with Crippen molar-refractivity contribution in [3.05, 3.63) is 41.7 Å². The van der Waals surface area contributed by atoms with E-state index in [1.807, 2.05) is 0 Å². The van der Waals surface area contributed by atoms with Gasteiger partial charge in [-0.15, -0.1) is 0 Å². The zero-order valence-electron chi connectivity index (χ0n) is 20.2. The summed E-state index contributed by atoms with van der Waals surface area (Å²) in [5.41, 5.74) is 1.23. The Bertz CT molecular complexity index is 1150. The quantitative estimate of drug-likeness (QED) is 0.579. The monoisotopic (exact) mass is 488 g/mol. The van der Waals surface area contributed by atoms with Crippen molar-refractivity contribution in [3.8, 4) is 17.6 Å². The lowest BCUT2D eigenvalue weighted by Crippen LogP contribution is -2.45. The van der Waals surface area contributed by atoms with Gasteiger partial charge < -0.3 is 19.5 Å². The predicted octanol–water partition coefficient (Wildman–Crippen LogP) is 3.45. The molecule has 2 N–H and O–H groups in total. The minimum absolute atomic E-state index is 0.0286. The summed E-state index contributed by atoms with van der Waals surface area (Å²) in [6.45, 7) is 6.98. The zero-order valence-corrected chi connectivity index (χ0v) is 21.0. The van der Waals surface area contributed by atoms with Crippen LogP contribution in [0, 0.1) is 16.7 Å². The van der Waals surface area contributed by atoms with Gasteiger partial charge in [0, 0.05) is 18.7 Å². The Kier molecular flexibility index (Phi) is 8.02. The van der Waals surface area contributed by atoms with Crippen LogP contribution in [0.3, 0.4) is 0 Å². The van der Waals surface area contributed by atoms with Gasteiger partial charge in [0.25, 0.3) is 0 Å². The number of benzene rings is 1. The zero-order chi connectivity index (χ0) is 24.9. The van der Waals surface area contributed by atoms with Gasteiger partial charge in [-0.05, 0) is 36.5 Å². The van der Waals surface area contributed by atoms with E-state index in [1.54, 1.807) is 12.3 Å². The van der Waals surface area contributed by atoms with Gasteiger partial charge in [0.2, 0.25) is 10.0 Å². The van der Waals surface area contributed by atoms with Crippen LogP contribution in [0.15, 0.2) is 35.4 Å². The van der Waals surface area contributed by atoms with Crippen LogP contribution in [0.25, 0.3) is 0 Å². The largest absolute Gasteiger partial charge is 0.495 e. The molecule has 0 amide bonds. The molecule has 0 saturated carbocycles. The van der Waals surface area contributed by atoms with Gasteiger partial charge in [-0.25, -0.2) is 13.1 Å². The highest BCUT2D eigenvalue weighted by Crippen LogP contribution is 2.31. The number of rotatable bonds is 8. The molecule has 2 aromatic rings. The van der Waals surface area contributed by atoms with Crippen molar-refractivity contribution < 1.29 is 22.6 Å². The van der Waals surface area contributed by atoms with Gasteiger partial charge in [-0.1, -0.05) is 20.8 Å². The maximum absolute atomic E-state index is 13.1. The first kappa shape index (κ1) is 25.7. The number of sulfonamides is 1. The summed E-state index contributed by atoms with van der Waals surface area (Å²) in [5, 5.41) is 12.6. The second-order valence-corrected chi connectivity index (χ2v) is 11.0. The van der Waals surface area contributed by atoms with Gasteiger partial charge >= 0.3 is 0 Å². The number of aromatic nitrogens is 1. The molecule has 9 nitrogen and oxygen atoms in total. The number of hydrogen-bond acceptors (Lipinski definition) is 8. The number of anilines is 1. The number of nitriles is 1. The molecule has 0 aliphatic carbocycles. The fraction of sp³-hybridized carbons (Fsp3) is 0.500. The molecular formula is C24H32N4O5S. The maximum atomic E-state index is 13.1. The van der Waals surface area contributed by atoms with Crippen molar-refractivity contribution in [2.45, 2.75) is 57.2 Å². The molecule has 10 heteroatoms. The van der Waals surface area contributed by atoms with E-state index in [0.29, 0.717) is 47.9 Å². The van der Waals surface area contributed by atoms with Crippen LogP contribution in [0.2, 0.25) is 0 Å². The predicted molar refractivity (Wildman–Crippen MR) is 128 cm³/mol. The third-order valence-corrected chi connectivity index (χ3v) is 7.32. The second-order valence-electron chi connectivity index (χ2n) is 9.26. The Morgan fingerprint density at radius 2 is 2.00 bits per heavy atom. The lowest BCUT2D eigenvalue weighted by Gasteiger charge is -2.37. The van der Waals surface area contributed by atoms with Crippen LogP contribution in [0.5, 0.6) is 11.5 Å². The van der Waals surface area contributed by atoms with E-state index >= 15 is 0 Å². The topological polar surface area (TPSA) is 123 Å². The molecule has 1 aromatic heterocycles.